The lowest BCUT2D eigenvalue weighted by molar-refractivity contribution is 0.0579. The van der Waals surface area contributed by atoms with Gasteiger partial charge in [0.05, 0.1) is 12.6 Å². The highest BCUT2D eigenvalue weighted by molar-refractivity contribution is 5.92. The zero-order valence-corrected chi connectivity index (χ0v) is 15.6. The predicted octanol–water partition coefficient (Wildman–Crippen LogP) is 2.60. The quantitative estimate of drug-likeness (QED) is 0.727. The molecule has 0 saturated carbocycles. The van der Waals surface area contributed by atoms with Crippen LogP contribution < -0.4 is 0 Å². The summed E-state index contributed by atoms with van der Waals surface area (Å²) in [7, 11) is 3.82. The Morgan fingerprint density at radius 3 is 2.81 bits per heavy atom. The number of aromatic nitrogens is 1. The van der Waals surface area contributed by atoms with Gasteiger partial charge < -0.3 is 14.2 Å². The van der Waals surface area contributed by atoms with Gasteiger partial charge in [-0.3, -0.25) is 9.69 Å². The van der Waals surface area contributed by atoms with Crippen LogP contribution in [-0.2, 0) is 17.7 Å². The third kappa shape index (κ3) is 5.16. The van der Waals surface area contributed by atoms with E-state index in [2.05, 4.69) is 34.3 Å². The van der Waals surface area contributed by atoms with Gasteiger partial charge in [0.15, 0.2) is 11.5 Å². The summed E-state index contributed by atoms with van der Waals surface area (Å²) in [6.45, 7) is 2.92. The van der Waals surface area contributed by atoms with Crippen molar-refractivity contribution in [3.8, 4) is 0 Å². The summed E-state index contributed by atoms with van der Waals surface area (Å²) in [4.78, 5) is 16.3. The molecule has 2 aromatic rings. The molecular formula is C20H27N3O3. The van der Waals surface area contributed by atoms with Crippen LogP contribution in [0.15, 0.2) is 40.9 Å². The lowest BCUT2D eigenvalue weighted by Gasteiger charge is -2.19. The number of benzene rings is 1. The average Bonchev–Trinajstić information content (AvgIpc) is 3.32. The summed E-state index contributed by atoms with van der Waals surface area (Å²) < 4.78 is 10.9. The van der Waals surface area contributed by atoms with Crippen LogP contribution in [-0.4, -0.2) is 60.8 Å². The highest BCUT2D eigenvalue weighted by Gasteiger charge is 2.23. The second kappa shape index (κ2) is 8.96. The van der Waals surface area contributed by atoms with Gasteiger partial charge in [0.25, 0.3) is 5.91 Å². The predicted molar refractivity (Wildman–Crippen MR) is 98.9 cm³/mol. The molecule has 1 atom stereocenters. The lowest BCUT2D eigenvalue weighted by atomic mass is 10.1. The zero-order valence-electron chi connectivity index (χ0n) is 15.6. The summed E-state index contributed by atoms with van der Waals surface area (Å²) in [6.07, 6.45) is 3.19. The molecule has 6 heteroatoms. The summed E-state index contributed by atoms with van der Waals surface area (Å²) in [6, 6.07) is 12.1. The van der Waals surface area contributed by atoms with Crippen molar-refractivity contribution in [3.63, 3.8) is 0 Å². The summed E-state index contributed by atoms with van der Waals surface area (Å²) in [5.74, 6) is 0.580. The largest absolute Gasteiger partial charge is 0.376 e. The number of nitrogens with zero attached hydrogens (tertiary/aromatic N) is 3. The Morgan fingerprint density at radius 2 is 2.08 bits per heavy atom. The zero-order chi connectivity index (χ0) is 18.4. The molecule has 0 aliphatic carbocycles. The van der Waals surface area contributed by atoms with Crippen LogP contribution in [0.5, 0.6) is 0 Å². The standard InChI is InChI=1S/C20H27N3O3/c1-22(11-10-16-7-4-3-5-8-16)14-18-13-19(21-26-18)20(24)23(2)15-17-9-6-12-25-17/h3-5,7-8,13,17H,6,9-12,14-15H2,1-2H3/t17-/m0/s1. The highest BCUT2D eigenvalue weighted by atomic mass is 16.5. The van der Waals surface area contributed by atoms with Crippen molar-refractivity contribution in [2.45, 2.75) is 31.9 Å². The second-order valence-electron chi connectivity index (χ2n) is 6.97. The van der Waals surface area contributed by atoms with Gasteiger partial charge in [-0.25, -0.2) is 0 Å². The van der Waals surface area contributed by atoms with E-state index in [-0.39, 0.29) is 12.0 Å². The molecule has 26 heavy (non-hydrogen) atoms. The monoisotopic (exact) mass is 357 g/mol. The molecule has 0 spiro atoms. The van der Waals surface area contributed by atoms with E-state index in [0.29, 0.717) is 24.5 Å². The summed E-state index contributed by atoms with van der Waals surface area (Å²) in [5, 5.41) is 3.95. The van der Waals surface area contributed by atoms with E-state index in [4.69, 9.17) is 9.26 Å². The number of carbonyl (C=O) groups is 1. The van der Waals surface area contributed by atoms with Crippen molar-refractivity contribution >= 4 is 5.91 Å². The molecule has 1 aromatic heterocycles. The first-order valence-corrected chi connectivity index (χ1v) is 9.17. The minimum atomic E-state index is -0.123. The molecule has 1 aromatic carbocycles. The third-order valence-electron chi connectivity index (χ3n) is 4.68. The van der Waals surface area contributed by atoms with Crippen molar-refractivity contribution in [2.24, 2.45) is 0 Å². The van der Waals surface area contributed by atoms with Gasteiger partial charge in [0.2, 0.25) is 0 Å². The van der Waals surface area contributed by atoms with Crippen LogP contribution in [0.25, 0.3) is 0 Å². The number of ether oxygens (including phenoxy) is 1. The van der Waals surface area contributed by atoms with E-state index in [0.717, 1.165) is 32.4 Å². The molecule has 1 fully saturated rings. The maximum absolute atomic E-state index is 12.5. The van der Waals surface area contributed by atoms with Crippen molar-refractivity contribution in [1.82, 2.24) is 15.0 Å². The smallest absolute Gasteiger partial charge is 0.275 e. The van der Waals surface area contributed by atoms with Crippen LogP contribution in [0.3, 0.4) is 0 Å². The Bertz CT molecular complexity index is 695. The molecule has 0 N–H and O–H groups in total. The fourth-order valence-electron chi connectivity index (χ4n) is 3.17. The van der Waals surface area contributed by atoms with Gasteiger partial charge in [-0.2, -0.15) is 0 Å². The number of carbonyl (C=O) groups excluding carboxylic acids is 1. The van der Waals surface area contributed by atoms with Crippen LogP contribution in [0.4, 0.5) is 0 Å². The molecule has 0 bridgehead atoms. The molecular weight excluding hydrogens is 330 g/mol. The Labute approximate surface area is 154 Å². The number of amides is 1. The number of rotatable bonds is 8. The van der Waals surface area contributed by atoms with E-state index < -0.39 is 0 Å². The number of likely N-dealkylation sites (N-methyl/N-ethyl adjacent to an activating group) is 2. The number of hydrogen-bond acceptors (Lipinski definition) is 5. The van der Waals surface area contributed by atoms with Crippen molar-refractivity contribution in [3.05, 3.63) is 53.4 Å². The molecule has 2 heterocycles. The Morgan fingerprint density at radius 1 is 1.27 bits per heavy atom. The minimum absolute atomic E-state index is 0.123. The van der Waals surface area contributed by atoms with Gasteiger partial charge in [0.1, 0.15) is 0 Å². The van der Waals surface area contributed by atoms with Crippen LogP contribution in [0, 0.1) is 0 Å². The molecule has 3 rings (SSSR count). The molecule has 1 aliphatic heterocycles. The SMILES string of the molecule is CN(CCc1ccccc1)Cc1cc(C(=O)N(C)C[C@@H]2CCCO2)no1. The Hall–Kier alpha value is -2.18. The molecule has 140 valence electrons. The van der Waals surface area contributed by atoms with Crippen LogP contribution in [0.1, 0.15) is 34.7 Å². The first-order chi connectivity index (χ1) is 12.6. The summed E-state index contributed by atoms with van der Waals surface area (Å²) in [5.41, 5.74) is 1.67. The van der Waals surface area contributed by atoms with Gasteiger partial charge in [-0.1, -0.05) is 35.5 Å². The molecule has 6 nitrogen and oxygen atoms in total. The van der Waals surface area contributed by atoms with Gasteiger partial charge in [0, 0.05) is 32.8 Å². The normalized spacial score (nSPS) is 17.0. The topological polar surface area (TPSA) is 58.8 Å². The molecule has 1 amide bonds. The molecule has 1 saturated heterocycles. The average molecular weight is 357 g/mol. The van der Waals surface area contributed by atoms with Crippen LogP contribution >= 0.6 is 0 Å². The van der Waals surface area contributed by atoms with E-state index in [9.17, 15) is 4.79 Å². The molecule has 0 unspecified atom stereocenters. The number of hydrogen-bond donors (Lipinski definition) is 0. The second-order valence-corrected chi connectivity index (χ2v) is 6.97. The molecule has 0 radical (unpaired) electrons. The minimum Gasteiger partial charge on any atom is -0.376 e. The summed E-state index contributed by atoms with van der Waals surface area (Å²) >= 11 is 0. The Kier molecular flexibility index (Phi) is 6.41. The van der Waals surface area contributed by atoms with Crippen molar-refractivity contribution in [1.29, 1.82) is 0 Å². The Balaban J connectivity index is 1.47. The van der Waals surface area contributed by atoms with E-state index >= 15 is 0 Å². The maximum atomic E-state index is 12.5. The third-order valence-corrected chi connectivity index (χ3v) is 4.68. The van der Waals surface area contributed by atoms with E-state index in [1.54, 1.807) is 18.0 Å². The van der Waals surface area contributed by atoms with Crippen molar-refractivity contribution in [2.75, 3.05) is 33.8 Å². The maximum Gasteiger partial charge on any atom is 0.275 e. The molecule has 1 aliphatic rings. The first-order valence-electron chi connectivity index (χ1n) is 9.17. The van der Waals surface area contributed by atoms with Crippen LogP contribution in [0.2, 0.25) is 0 Å². The lowest BCUT2D eigenvalue weighted by Crippen LogP contribution is -2.34. The first kappa shape index (κ1) is 18.6. The van der Waals surface area contributed by atoms with E-state index in [1.807, 2.05) is 13.1 Å². The fraction of sp³-hybridized carbons (Fsp3) is 0.500. The fourth-order valence-corrected chi connectivity index (χ4v) is 3.17. The van der Waals surface area contributed by atoms with E-state index in [1.165, 1.54) is 5.56 Å². The van der Waals surface area contributed by atoms with Gasteiger partial charge >= 0.3 is 0 Å². The van der Waals surface area contributed by atoms with Crippen molar-refractivity contribution < 1.29 is 14.1 Å². The van der Waals surface area contributed by atoms with Gasteiger partial charge in [-0.15, -0.1) is 0 Å². The van der Waals surface area contributed by atoms with Gasteiger partial charge in [-0.05, 0) is 31.9 Å². The highest BCUT2D eigenvalue weighted by Crippen LogP contribution is 2.15.